The summed E-state index contributed by atoms with van der Waals surface area (Å²) in [6, 6.07) is 56.1. The lowest BCUT2D eigenvalue weighted by atomic mass is 10.0. The summed E-state index contributed by atoms with van der Waals surface area (Å²) >= 11 is 0. The molecule has 8 aromatic carbocycles. The number of nitrogens with zero attached hydrogens (tertiary/aromatic N) is 2. The van der Waals surface area contributed by atoms with E-state index in [1.165, 1.54) is 32.4 Å². The monoisotopic (exact) mass is 638 g/mol. The molecule has 4 heteroatoms. The van der Waals surface area contributed by atoms with E-state index in [-0.39, 0.29) is 0 Å². The van der Waals surface area contributed by atoms with Crippen molar-refractivity contribution in [3.05, 3.63) is 158 Å². The third-order valence-electron chi connectivity index (χ3n) is 10.7. The summed E-state index contributed by atoms with van der Waals surface area (Å²) in [7, 11) is 0. The van der Waals surface area contributed by atoms with E-state index in [4.69, 9.17) is 8.83 Å². The first kappa shape index (κ1) is 26.2. The highest BCUT2D eigenvalue weighted by Gasteiger charge is 2.27. The van der Waals surface area contributed by atoms with Crippen LogP contribution in [0.5, 0.6) is 0 Å². The van der Waals surface area contributed by atoms with Gasteiger partial charge in [-0.1, -0.05) is 103 Å². The second-order valence-corrected chi connectivity index (χ2v) is 13.2. The maximum atomic E-state index is 6.92. The van der Waals surface area contributed by atoms with E-state index in [1.807, 2.05) is 0 Å². The first-order valence-corrected chi connectivity index (χ1v) is 17.0. The van der Waals surface area contributed by atoms with Crippen LogP contribution in [-0.4, -0.2) is 9.13 Å². The Morgan fingerprint density at radius 3 is 1.78 bits per heavy atom. The van der Waals surface area contributed by atoms with Gasteiger partial charge in [0.1, 0.15) is 16.7 Å². The van der Waals surface area contributed by atoms with E-state index in [9.17, 15) is 0 Å². The van der Waals surface area contributed by atoms with E-state index in [1.54, 1.807) is 0 Å². The summed E-state index contributed by atoms with van der Waals surface area (Å²) in [6.07, 6.45) is 0. The van der Waals surface area contributed by atoms with Gasteiger partial charge in [0, 0.05) is 59.9 Å². The normalized spacial score (nSPS) is 12.4. The predicted molar refractivity (Wildman–Crippen MR) is 207 cm³/mol. The van der Waals surface area contributed by atoms with Gasteiger partial charge in [0.15, 0.2) is 5.58 Å². The maximum absolute atomic E-state index is 6.92. The molecule has 50 heavy (non-hydrogen) atoms. The van der Waals surface area contributed by atoms with Crippen LogP contribution in [0.25, 0.3) is 110 Å². The molecule has 4 heterocycles. The minimum Gasteiger partial charge on any atom is -0.455 e. The Labute approximate surface area is 284 Å². The number of para-hydroxylation sites is 4. The number of hydrogen-bond donors (Lipinski definition) is 0. The largest absolute Gasteiger partial charge is 0.455 e. The average molecular weight is 639 g/mol. The predicted octanol–water partition coefficient (Wildman–Crippen LogP) is 12.8. The minimum absolute atomic E-state index is 0.884. The van der Waals surface area contributed by atoms with Crippen molar-refractivity contribution in [1.29, 1.82) is 0 Å². The molecule has 4 nitrogen and oxygen atoms in total. The Hall–Kier alpha value is -6.78. The molecule has 4 aromatic heterocycles. The van der Waals surface area contributed by atoms with Crippen molar-refractivity contribution >= 4 is 98.3 Å². The molecular formula is C46H26N2O2. The summed E-state index contributed by atoms with van der Waals surface area (Å²) in [4.78, 5) is 0. The molecule has 0 aliphatic heterocycles. The fraction of sp³-hybridized carbons (Fsp3) is 0. The van der Waals surface area contributed by atoms with E-state index < -0.39 is 0 Å². The van der Waals surface area contributed by atoms with Gasteiger partial charge in [-0.3, -0.25) is 0 Å². The van der Waals surface area contributed by atoms with Gasteiger partial charge < -0.3 is 18.0 Å². The third kappa shape index (κ3) is 3.25. The van der Waals surface area contributed by atoms with Gasteiger partial charge in [0.2, 0.25) is 0 Å². The molecule has 0 atom stereocenters. The van der Waals surface area contributed by atoms with E-state index in [2.05, 4.69) is 167 Å². The van der Waals surface area contributed by atoms with Crippen molar-refractivity contribution in [1.82, 2.24) is 9.13 Å². The van der Waals surface area contributed by atoms with Crippen molar-refractivity contribution in [2.24, 2.45) is 0 Å². The van der Waals surface area contributed by atoms with Gasteiger partial charge in [-0.2, -0.15) is 0 Å². The van der Waals surface area contributed by atoms with Gasteiger partial charge in [-0.05, 0) is 60.0 Å². The standard InChI is InChI=1S/C46H26N2O2/c1-2-13-28(14-3-1)47-37-20-10-7-17-33(37)42-43-40(41-34-18-8-11-21-38(34)50-46(41)44(42)47)32-16-6-9-19-36(32)48(43)29-23-25-39-35(26-29)31-24-22-27-12-4-5-15-30(27)45(31)49-39/h1-26H. The molecule has 0 fully saturated rings. The smallest absolute Gasteiger partial charge is 0.160 e. The van der Waals surface area contributed by atoms with Crippen LogP contribution in [0, 0.1) is 0 Å². The Kier molecular flexibility index (Phi) is 4.94. The highest BCUT2D eigenvalue weighted by Crippen LogP contribution is 2.49. The van der Waals surface area contributed by atoms with Crippen LogP contribution in [0.2, 0.25) is 0 Å². The zero-order valence-corrected chi connectivity index (χ0v) is 26.7. The van der Waals surface area contributed by atoms with Crippen molar-refractivity contribution in [3.63, 3.8) is 0 Å². The Morgan fingerprint density at radius 1 is 0.340 bits per heavy atom. The zero-order chi connectivity index (χ0) is 32.5. The maximum Gasteiger partial charge on any atom is 0.160 e. The topological polar surface area (TPSA) is 36.1 Å². The van der Waals surface area contributed by atoms with Crippen LogP contribution in [0.1, 0.15) is 0 Å². The number of hydrogen-bond acceptors (Lipinski definition) is 2. The second kappa shape index (κ2) is 9.43. The molecule has 232 valence electrons. The third-order valence-corrected chi connectivity index (χ3v) is 10.7. The number of benzene rings is 8. The average Bonchev–Trinajstić information content (AvgIpc) is 3.92. The number of aromatic nitrogens is 2. The summed E-state index contributed by atoms with van der Waals surface area (Å²) in [5.41, 5.74) is 10.3. The molecule has 0 aliphatic rings. The molecule has 0 aliphatic carbocycles. The lowest BCUT2D eigenvalue weighted by molar-refractivity contribution is 0.671. The highest BCUT2D eigenvalue weighted by molar-refractivity contribution is 6.39. The lowest BCUT2D eigenvalue weighted by Crippen LogP contribution is -1.96. The summed E-state index contributed by atoms with van der Waals surface area (Å²) < 4.78 is 18.3. The van der Waals surface area contributed by atoms with Crippen LogP contribution in [0.15, 0.2) is 167 Å². The van der Waals surface area contributed by atoms with Crippen molar-refractivity contribution in [3.8, 4) is 11.4 Å². The first-order valence-electron chi connectivity index (χ1n) is 17.0. The summed E-state index contributed by atoms with van der Waals surface area (Å²) in [6.45, 7) is 0. The fourth-order valence-corrected chi connectivity index (χ4v) is 8.63. The first-order chi connectivity index (χ1) is 24.8. The number of furan rings is 2. The lowest BCUT2D eigenvalue weighted by Gasteiger charge is -2.11. The molecule has 0 amide bonds. The van der Waals surface area contributed by atoms with Gasteiger partial charge in [-0.15, -0.1) is 0 Å². The molecule has 0 radical (unpaired) electrons. The van der Waals surface area contributed by atoms with Crippen LogP contribution >= 0.6 is 0 Å². The SMILES string of the molecule is c1ccc(-n2c3ccccc3c3c2c2oc4ccccc4c2c2c4ccccc4n(-c4ccc5oc6c7ccccc7ccc6c5c4)c23)cc1. The van der Waals surface area contributed by atoms with E-state index >= 15 is 0 Å². The number of rotatable bonds is 2. The van der Waals surface area contributed by atoms with E-state index in [0.717, 1.165) is 77.2 Å². The molecule has 0 bridgehead atoms. The highest BCUT2D eigenvalue weighted by atomic mass is 16.3. The Bertz CT molecular complexity index is 3370. The minimum atomic E-state index is 0.884. The Balaban J connectivity index is 1.34. The molecule has 0 unspecified atom stereocenters. The molecule has 0 saturated heterocycles. The van der Waals surface area contributed by atoms with Crippen LogP contribution in [0.3, 0.4) is 0 Å². The second-order valence-electron chi connectivity index (χ2n) is 13.2. The molecular weight excluding hydrogens is 613 g/mol. The molecule has 0 saturated carbocycles. The van der Waals surface area contributed by atoms with E-state index in [0.29, 0.717) is 0 Å². The Morgan fingerprint density at radius 2 is 0.960 bits per heavy atom. The molecule has 0 spiro atoms. The van der Waals surface area contributed by atoms with Gasteiger partial charge in [-0.25, -0.2) is 0 Å². The molecule has 0 N–H and O–H groups in total. The van der Waals surface area contributed by atoms with Gasteiger partial charge >= 0.3 is 0 Å². The zero-order valence-electron chi connectivity index (χ0n) is 26.7. The molecule has 12 rings (SSSR count). The quantitative estimate of drug-likeness (QED) is 0.189. The summed E-state index contributed by atoms with van der Waals surface area (Å²) in [5.74, 6) is 0. The van der Waals surface area contributed by atoms with Crippen LogP contribution in [0.4, 0.5) is 0 Å². The van der Waals surface area contributed by atoms with Crippen molar-refractivity contribution in [2.75, 3.05) is 0 Å². The van der Waals surface area contributed by atoms with Gasteiger partial charge in [0.25, 0.3) is 0 Å². The van der Waals surface area contributed by atoms with Crippen molar-refractivity contribution < 1.29 is 8.83 Å². The fourth-order valence-electron chi connectivity index (χ4n) is 8.63. The van der Waals surface area contributed by atoms with Crippen molar-refractivity contribution in [2.45, 2.75) is 0 Å². The van der Waals surface area contributed by atoms with Gasteiger partial charge in [0.05, 0.1) is 22.1 Å². The van der Waals surface area contributed by atoms with Crippen LogP contribution < -0.4 is 0 Å². The molecule has 12 aromatic rings. The number of fused-ring (bicyclic) bond motifs is 17. The summed E-state index contributed by atoms with van der Waals surface area (Å²) in [5, 5.41) is 11.5. The van der Waals surface area contributed by atoms with Crippen LogP contribution in [-0.2, 0) is 0 Å².